The highest BCUT2D eigenvalue weighted by Gasteiger charge is 2.31. The second-order valence-electron chi connectivity index (χ2n) is 4.57. The number of piperazine rings is 1. The zero-order valence-corrected chi connectivity index (χ0v) is 10.6. The molecule has 16 heavy (non-hydrogen) atoms. The number of aliphatic hydroxyl groups is 2. The molecule has 0 saturated carbocycles. The van der Waals surface area contributed by atoms with Gasteiger partial charge in [-0.05, 0) is 12.8 Å². The summed E-state index contributed by atoms with van der Waals surface area (Å²) in [5, 5.41) is 18.1. The van der Waals surface area contributed by atoms with Gasteiger partial charge in [0.25, 0.3) is 0 Å². The molecule has 0 amide bonds. The maximum absolute atomic E-state index is 9.12. The number of nitrogens with zero attached hydrogens (tertiary/aromatic N) is 2. The minimum Gasteiger partial charge on any atom is -0.395 e. The molecule has 0 radical (unpaired) electrons. The predicted molar refractivity (Wildman–Crippen MR) is 65.5 cm³/mol. The van der Waals surface area contributed by atoms with Crippen LogP contribution in [-0.2, 0) is 0 Å². The van der Waals surface area contributed by atoms with Gasteiger partial charge >= 0.3 is 0 Å². The average molecular weight is 230 g/mol. The summed E-state index contributed by atoms with van der Waals surface area (Å²) in [5.74, 6) is 0. The fourth-order valence-corrected chi connectivity index (χ4v) is 2.71. The molecule has 0 aromatic heterocycles. The fraction of sp³-hybridized carbons (Fsp3) is 1.00. The molecule has 2 atom stereocenters. The first-order valence-electron chi connectivity index (χ1n) is 6.46. The van der Waals surface area contributed by atoms with Gasteiger partial charge in [-0.3, -0.25) is 9.80 Å². The maximum atomic E-state index is 9.12. The minimum atomic E-state index is 0.243. The summed E-state index contributed by atoms with van der Waals surface area (Å²) >= 11 is 0. The lowest BCUT2D eigenvalue weighted by molar-refractivity contribution is 0.00385. The highest BCUT2D eigenvalue weighted by molar-refractivity contribution is 4.87. The van der Waals surface area contributed by atoms with Crippen LogP contribution >= 0.6 is 0 Å². The van der Waals surface area contributed by atoms with Crippen LogP contribution in [-0.4, -0.2) is 71.5 Å². The van der Waals surface area contributed by atoms with E-state index >= 15 is 0 Å². The average Bonchev–Trinajstić information content (AvgIpc) is 2.31. The van der Waals surface area contributed by atoms with Crippen molar-refractivity contribution in [2.24, 2.45) is 0 Å². The van der Waals surface area contributed by atoms with Crippen LogP contribution in [0.5, 0.6) is 0 Å². The van der Waals surface area contributed by atoms with Gasteiger partial charge in [0, 0.05) is 38.3 Å². The standard InChI is InChI=1S/C12H26N2O2/c1-3-11-9-13(5-7-15)10-12(4-2)14(11)6-8-16/h11-12,15-16H,3-10H2,1-2H3. The Kier molecular flexibility index (Phi) is 6.28. The van der Waals surface area contributed by atoms with Crippen molar-refractivity contribution in [3.05, 3.63) is 0 Å². The minimum absolute atomic E-state index is 0.243. The van der Waals surface area contributed by atoms with E-state index in [0.29, 0.717) is 12.1 Å². The summed E-state index contributed by atoms with van der Waals surface area (Å²) in [4.78, 5) is 4.78. The van der Waals surface area contributed by atoms with E-state index in [0.717, 1.165) is 39.0 Å². The number of β-amino-alcohol motifs (C(OH)–C–C–N with tert-alkyl or cyclic N) is 2. The monoisotopic (exact) mass is 230 g/mol. The zero-order chi connectivity index (χ0) is 12.0. The van der Waals surface area contributed by atoms with Crippen molar-refractivity contribution in [1.29, 1.82) is 0 Å². The van der Waals surface area contributed by atoms with Crippen molar-refractivity contribution in [2.75, 3.05) is 39.4 Å². The molecule has 1 aliphatic rings. The molecular weight excluding hydrogens is 204 g/mol. The van der Waals surface area contributed by atoms with Crippen LogP contribution in [0.4, 0.5) is 0 Å². The molecule has 4 heteroatoms. The van der Waals surface area contributed by atoms with Gasteiger partial charge in [-0.2, -0.15) is 0 Å². The van der Waals surface area contributed by atoms with Gasteiger partial charge < -0.3 is 10.2 Å². The van der Waals surface area contributed by atoms with Crippen LogP contribution in [0.15, 0.2) is 0 Å². The van der Waals surface area contributed by atoms with Gasteiger partial charge in [0.1, 0.15) is 0 Å². The number of rotatable bonds is 6. The SMILES string of the molecule is CCC1CN(CCO)CC(CC)N1CCO. The predicted octanol–water partition coefficient (Wildman–Crippen LogP) is 0.146. The van der Waals surface area contributed by atoms with E-state index < -0.39 is 0 Å². The van der Waals surface area contributed by atoms with Crippen LogP contribution in [0, 0.1) is 0 Å². The molecule has 1 saturated heterocycles. The van der Waals surface area contributed by atoms with Gasteiger partial charge in [0.2, 0.25) is 0 Å². The molecule has 2 unspecified atom stereocenters. The zero-order valence-electron chi connectivity index (χ0n) is 10.6. The molecule has 0 aromatic carbocycles. The van der Waals surface area contributed by atoms with Gasteiger partial charge in [-0.1, -0.05) is 13.8 Å². The summed E-state index contributed by atoms with van der Waals surface area (Å²) < 4.78 is 0. The Morgan fingerprint density at radius 3 is 1.81 bits per heavy atom. The third-order valence-corrected chi connectivity index (χ3v) is 3.59. The van der Waals surface area contributed by atoms with Crippen LogP contribution in [0.1, 0.15) is 26.7 Å². The molecule has 96 valence electrons. The molecule has 0 spiro atoms. The van der Waals surface area contributed by atoms with Crippen molar-refractivity contribution in [1.82, 2.24) is 9.80 Å². The van der Waals surface area contributed by atoms with E-state index in [4.69, 9.17) is 10.2 Å². The van der Waals surface area contributed by atoms with E-state index in [-0.39, 0.29) is 13.2 Å². The largest absolute Gasteiger partial charge is 0.395 e. The van der Waals surface area contributed by atoms with Crippen molar-refractivity contribution in [3.63, 3.8) is 0 Å². The first-order chi connectivity index (χ1) is 7.76. The Morgan fingerprint density at radius 2 is 1.44 bits per heavy atom. The first kappa shape index (κ1) is 13.9. The third kappa shape index (κ3) is 3.42. The molecule has 1 aliphatic heterocycles. The molecule has 1 rings (SSSR count). The second kappa shape index (κ2) is 7.22. The highest BCUT2D eigenvalue weighted by atomic mass is 16.3. The number of hydrogen-bond acceptors (Lipinski definition) is 4. The topological polar surface area (TPSA) is 46.9 Å². The van der Waals surface area contributed by atoms with Crippen molar-refractivity contribution in [2.45, 2.75) is 38.8 Å². The van der Waals surface area contributed by atoms with E-state index in [2.05, 4.69) is 23.6 Å². The highest BCUT2D eigenvalue weighted by Crippen LogP contribution is 2.19. The molecule has 0 bridgehead atoms. The molecular formula is C12H26N2O2. The first-order valence-corrected chi connectivity index (χ1v) is 6.46. The maximum Gasteiger partial charge on any atom is 0.0558 e. The van der Waals surface area contributed by atoms with Gasteiger partial charge in [-0.25, -0.2) is 0 Å². The molecule has 0 aromatic rings. The quantitative estimate of drug-likeness (QED) is 0.682. The Bertz CT molecular complexity index is 176. The number of aliphatic hydroxyl groups excluding tert-OH is 2. The van der Waals surface area contributed by atoms with Crippen LogP contribution < -0.4 is 0 Å². The van der Waals surface area contributed by atoms with E-state index in [1.807, 2.05) is 0 Å². The molecule has 1 fully saturated rings. The fourth-order valence-electron chi connectivity index (χ4n) is 2.71. The summed E-state index contributed by atoms with van der Waals surface area (Å²) in [7, 11) is 0. The smallest absolute Gasteiger partial charge is 0.0558 e. The molecule has 1 heterocycles. The van der Waals surface area contributed by atoms with Crippen molar-refractivity contribution < 1.29 is 10.2 Å². The van der Waals surface area contributed by atoms with Gasteiger partial charge in [0.05, 0.1) is 13.2 Å². The van der Waals surface area contributed by atoms with E-state index in [1.165, 1.54) is 0 Å². The van der Waals surface area contributed by atoms with Crippen molar-refractivity contribution in [3.8, 4) is 0 Å². The number of hydrogen-bond donors (Lipinski definition) is 2. The van der Waals surface area contributed by atoms with E-state index in [1.54, 1.807) is 0 Å². The summed E-state index contributed by atoms with van der Waals surface area (Å²) in [6, 6.07) is 1.05. The van der Waals surface area contributed by atoms with Gasteiger partial charge in [-0.15, -0.1) is 0 Å². The lowest BCUT2D eigenvalue weighted by Crippen LogP contribution is -2.59. The molecule has 2 N–H and O–H groups in total. The van der Waals surface area contributed by atoms with Crippen molar-refractivity contribution >= 4 is 0 Å². The van der Waals surface area contributed by atoms with Gasteiger partial charge in [0.15, 0.2) is 0 Å². The Balaban J connectivity index is 2.62. The Hall–Kier alpha value is -0.160. The lowest BCUT2D eigenvalue weighted by atomic mass is 10.0. The Labute approximate surface area is 98.9 Å². The molecule has 4 nitrogen and oxygen atoms in total. The third-order valence-electron chi connectivity index (χ3n) is 3.59. The second-order valence-corrected chi connectivity index (χ2v) is 4.57. The van der Waals surface area contributed by atoms with Crippen LogP contribution in [0.3, 0.4) is 0 Å². The summed E-state index contributed by atoms with van der Waals surface area (Å²) in [6.45, 7) is 8.49. The van der Waals surface area contributed by atoms with Crippen LogP contribution in [0.25, 0.3) is 0 Å². The van der Waals surface area contributed by atoms with Crippen LogP contribution in [0.2, 0.25) is 0 Å². The van der Waals surface area contributed by atoms with E-state index in [9.17, 15) is 0 Å². The normalized spacial score (nSPS) is 28.5. The molecule has 0 aliphatic carbocycles. The lowest BCUT2D eigenvalue weighted by Gasteiger charge is -2.46. The Morgan fingerprint density at radius 1 is 0.938 bits per heavy atom. The summed E-state index contributed by atoms with van der Waals surface area (Å²) in [5.41, 5.74) is 0. The summed E-state index contributed by atoms with van der Waals surface area (Å²) in [6.07, 6.45) is 2.22.